The minimum Gasteiger partial charge on any atom is -0.490 e. The Kier molecular flexibility index (Phi) is 4.90. The molecule has 2 aromatic rings. The largest absolute Gasteiger partial charge is 0.490 e. The van der Waals surface area contributed by atoms with Crippen molar-refractivity contribution in [3.8, 4) is 11.5 Å². The molecule has 2 rings (SSSR count). The highest BCUT2D eigenvalue weighted by molar-refractivity contribution is 5.87. The average molecular weight is 277 g/mol. The second-order valence-electron chi connectivity index (χ2n) is 4.76. The van der Waals surface area contributed by atoms with Crippen molar-refractivity contribution >= 4 is 10.9 Å². The number of hydrogen-bond acceptors (Lipinski definition) is 3. The minimum absolute atomic E-state index is 0.202. The highest BCUT2D eigenvalue weighted by Gasteiger charge is 2.12. The van der Waals surface area contributed by atoms with Crippen LogP contribution in [-0.4, -0.2) is 29.5 Å². The monoisotopic (exact) mass is 277 g/mol. The Labute approximate surface area is 119 Å². The molecule has 1 N–H and O–H groups in total. The van der Waals surface area contributed by atoms with E-state index in [1.165, 1.54) is 10.9 Å². The first-order valence-electron chi connectivity index (χ1n) is 7.21. The first kappa shape index (κ1) is 14.7. The van der Waals surface area contributed by atoms with Gasteiger partial charge in [-0.25, -0.2) is 0 Å². The Morgan fingerprint density at radius 2 is 1.75 bits per heavy atom. The molecule has 20 heavy (non-hydrogen) atoms. The molecule has 0 saturated heterocycles. The first-order valence-corrected chi connectivity index (χ1v) is 7.21. The molecule has 0 spiro atoms. The van der Waals surface area contributed by atoms with Crippen LogP contribution in [0.4, 0.5) is 0 Å². The predicted molar refractivity (Wildman–Crippen MR) is 80.7 cm³/mol. The first-order chi connectivity index (χ1) is 9.71. The Balaban J connectivity index is 2.50. The van der Waals surface area contributed by atoms with Crippen molar-refractivity contribution in [2.24, 2.45) is 0 Å². The van der Waals surface area contributed by atoms with Crippen molar-refractivity contribution in [3.05, 3.63) is 23.9 Å². The summed E-state index contributed by atoms with van der Waals surface area (Å²) in [6.45, 7) is 8.27. The Morgan fingerprint density at radius 1 is 1.10 bits per heavy atom. The summed E-state index contributed by atoms with van der Waals surface area (Å²) in [5.41, 5.74) is 2.34. The zero-order chi connectivity index (χ0) is 14.5. The van der Waals surface area contributed by atoms with Crippen molar-refractivity contribution in [1.82, 2.24) is 4.57 Å². The molecule has 0 unspecified atom stereocenters. The Morgan fingerprint density at radius 3 is 2.35 bits per heavy atom. The van der Waals surface area contributed by atoms with E-state index in [9.17, 15) is 0 Å². The molecule has 1 aromatic heterocycles. The van der Waals surface area contributed by atoms with Gasteiger partial charge in [-0.1, -0.05) is 0 Å². The van der Waals surface area contributed by atoms with E-state index in [0.29, 0.717) is 13.2 Å². The maximum absolute atomic E-state index is 9.00. The fourth-order valence-corrected chi connectivity index (χ4v) is 2.44. The quantitative estimate of drug-likeness (QED) is 0.845. The highest BCUT2D eigenvalue weighted by atomic mass is 16.5. The van der Waals surface area contributed by atoms with Crippen molar-refractivity contribution in [2.75, 3.05) is 19.8 Å². The van der Waals surface area contributed by atoms with Crippen molar-refractivity contribution in [1.29, 1.82) is 0 Å². The molecule has 1 aromatic carbocycles. The maximum atomic E-state index is 9.00. The van der Waals surface area contributed by atoms with E-state index < -0.39 is 0 Å². The molecule has 4 heteroatoms. The van der Waals surface area contributed by atoms with Crippen LogP contribution in [-0.2, 0) is 6.54 Å². The maximum Gasteiger partial charge on any atom is 0.163 e. The van der Waals surface area contributed by atoms with Crippen LogP contribution in [0.5, 0.6) is 11.5 Å². The van der Waals surface area contributed by atoms with E-state index in [2.05, 4.69) is 23.8 Å². The van der Waals surface area contributed by atoms with Crippen molar-refractivity contribution in [2.45, 2.75) is 33.7 Å². The summed E-state index contributed by atoms with van der Waals surface area (Å²) < 4.78 is 13.5. The predicted octanol–water partition coefficient (Wildman–Crippen LogP) is 3.13. The van der Waals surface area contributed by atoms with Gasteiger partial charge < -0.3 is 19.1 Å². The SMILES string of the molecule is CCOc1cc2c(C)cn(CCCO)c2cc1OCC. The second kappa shape index (κ2) is 6.66. The van der Waals surface area contributed by atoms with E-state index in [1.54, 1.807) is 0 Å². The molecule has 0 amide bonds. The number of benzene rings is 1. The summed E-state index contributed by atoms with van der Waals surface area (Å²) in [7, 11) is 0. The average Bonchev–Trinajstić information content (AvgIpc) is 2.74. The summed E-state index contributed by atoms with van der Waals surface area (Å²) in [5, 5.41) is 10.2. The molecule has 110 valence electrons. The Hall–Kier alpha value is -1.68. The van der Waals surface area contributed by atoms with Crippen LogP contribution in [0.1, 0.15) is 25.8 Å². The molecule has 0 aliphatic carbocycles. The summed E-state index contributed by atoms with van der Waals surface area (Å²) in [4.78, 5) is 0. The molecule has 0 bridgehead atoms. The number of fused-ring (bicyclic) bond motifs is 1. The molecule has 0 aliphatic rings. The second-order valence-corrected chi connectivity index (χ2v) is 4.76. The topological polar surface area (TPSA) is 43.6 Å². The van der Waals surface area contributed by atoms with E-state index in [4.69, 9.17) is 14.6 Å². The van der Waals surface area contributed by atoms with E-state index in [0.717, 1.165) is 30.0 Å². The number of aliphatic hydroxyl groups is 1. The number of aryl methyl sites for hydroxylation is 2. The molecule has 0 atom stereocenters. The molecule has 1 heterocycles. The lowest BCUT2D eigenvalue weighted by atomic mass is 10.1. The van der Waals surface area contributed by atoms with Crippen LogP contribution in [0.25, 0.3) is 10.9 Å². The lowest BCUT2D eigenvalue weighted by Gasteiger charge is -2.12. The lowest BCUT2D eigenvalue weighted by Crippen LogP contribution is -2.01. The van der Waals surface area contributed by atoms with Crippen LogP contribution in [0, 0.1) is 6.92 Å². The van der Waals surface area contributed by atoms with Crippen molar-refractivity contribution in [3.63, 3.8) is 0 Å². The summed E-state index contributed by atoms with van der Waals surface area (Å²) >= 11 is 0. The molecule has 0 radical (unpaired) electrons. The van der Waals surface area contributed by atoms with Crippen LogP contribution in [0.2, 0.25) is 0 Å². The van der Waals surface area contributed by atoms with Crippen LogP contribution in [0.15, 0.2) is 18.3 Å². The fraction of sp³-hybridized carbons (Fsp3) is 0.500. The van der Waals surface area contributed by atoms with Crippen LogP contribution in [0.3, 0.4) is 0 Å². The van der Waals surface area contributed by atoms with Crippen LogP contribution >= 0.6 is 0 Å². The molecular formula is C16H23NO3. The van der Waals surface area contributed by atoms with Gasteiger partial charge in [0.15, 0.2) is 11.5 Å². The molecule has 0 saturated carbocycles. The zero-order valence-corrected chi connectivity index (χ0v) is 12.5. The smallest absolute Gasteiger partial charge is 0.163 e. The summed E-state index contributed by atoms with van der Waals surface area (Å²) in [5.74, 6) is 1.58. The number of aromatic nitrogens is 1. The van der Waals surface area contributed by atoms with Gasteiger partial charge in [0, 0.05) is 30.8 Å². The highest BCUT2D eigenvalue weighted by Crippen LogP contribution is 2.35. The van der Waals surface area contributed by atoms with Gasteiger partial charge in [0.05, 0.1) is 18.7 Å². The van der Waals surface area contributed by atoms with Gasteiger partial charge in [0.25, 0.3) is 0 Å². The normalized spacial score (nSPS) is 11.0. The van der Waals surface area contributed by atoms with Gasteiger partial charge in [-0.2, -0.15) is 0 Å². The number of nitrogens with zero attached hydrogens (tertiary/aromatic N) is 1. The third-order valence-corrected chi connectivity index (χ3v) is 3.30. The van der Waals surface area contributed by atoms with Gasteiger partial charge in [-0.15, -0.1) is 0 Å². The number of rotatable bonds is 7. The number of ether oxygens (including phenoxy) is 2. The van der Waals surface area contributed by atoms with Gasteiger partial charge >= 0.3 is 0 Å². The van der Waals surface area contributed by atoms with E-state index in [1.807, 2.05) is 19.9 Å². The van der Waals surface area contributed by atoms with E-state index >= 15 is 0 Å². The minimum atomic E-state index is 0.202. The summed E-state index contributed by atoms with van der Waals surface area (Å²) in [6, 6.07) is 4.09. The van der Waals surface area contributed by atoms with Gasteiger partial charge in [-0.05, 0) is 38.8 Å². The third kappa shape index (κ3) is 2.90. The molecular weight excluding hydrogens is 254 g/mol. The number of hydrogen-bond donors (Lipinski definition) is 1. The van der Waals surface area contributed by atoms with Crippen molar-refractivity contribution < 1.29 is 14.6 Å². The number of aliphatic hydroxyl groups excluding tert-OH is 1. The zero-order valence-electron chi connectivity index (χ0n) is 12.5. The Bertz CT molecular complexity index is 575. The molecule has 0 fully saturated rings. The van der Waals surface area contributed by atoms with Gasteiger partial charge in [0.1, 0.15) is 0 Å². The third-order valence-electron chi connectivity index (χ3n) is 3.30. The molecule has 0 aliphatic heterocycles. The van der Waals surface area contributed by atoms with Gasteiger partial charge in [0.2, 0.25) is 0 Å². The summed E-state index contributed by atoms with van der Waals surface area (Å²) in [6.07, 6.45) is 2.87. The fourth-order valence-electron chi connectivity index (χ4n) is 2.44. The standard InChI is InChI=1S/C16H23NO3/c1-4-19-15-9-13-12(3)11-17(7-6-8-18)14(13)10-16(15)20-5-2/h9-11,18H,4-8H2,1-3H3. The van der Waals surface area contributed by atoms with E-state index in [-0.39, 0.29) is 6.61 Å². The molecule has 4 nitrogen and oxygen atoms in total. The lowest BCUT2D eigenvalue weighted by molar-refractivity contribution is 0.280. The van der Waals surface area contributed by atoms with Crippen LogP contribution < -0.4 is 9.47 Å². The van der Waals surface area contributed by atoms with Gasteiger partial charge in [-0.3, -0.25) is 0 Å².